The van der Waals surface area contributed by atoms with Gasteiger partial charge in [-0.05, 0) is 44.9 Å². The summed E-state index contributed by atoms with van der Waals surface area (Å²) < 4.78 is 11.6. The van der Waals surface area contributed by atoms with Crippen molar-refractivity contribution in [3.8, 4) is 0 Å². The SMILES string of the molecule is CCCC(CCCCOCC(C)C)OC(C)CC. The molecule has 110 valence electrons. The van der Waals surface area contributed by atoms with Gasteiger partial charge in [0.05, 0.1) is 12.2 Å². The van der Waals surface area contributed by atoms with Crippen LogP contribution in [0.2, 0.25) is 0 Å². The van der Waals surface area contributed by atoms with Gasteiger partial charge in [0.25, 0.3) is 0 Å². The molecule has 0 aliphatic carbocycles. The molecule has 2 heteroatoms. The second-order valence-electron chi connectivity index (χ2n) is 5.73. The Kier molecular flexibility index (Phi) is 11.9. The molecular formula is C16H34O2. The molecule has 0 aliphatic heterocycles. The van der Waals surface area contributed by atoms with E-state index in [1.165, 1.54) is 25.7 Å². The normalized spacial score (nSPS) is 15.0. The topological polar surface area (TPSA) is 18.5 Å². The molecule has 2 unspecified atom stereocenters. The van der Waals surface area contributed by atoms with E-state index in [0.29, 0.717) is 18.1 Å². The van der Waals surface area contributed by atoms with Crippen molar-refractivity contribution in [3.05, 3.63) is 0 Å². The highest BCUT2D eigenvalue weighted by atomic mass is 16.5. The van der Waals surface area contributed by atoms with E-state index in [-0.39, 0.29) is 0 Å². The van der Waals surface area contributed by atoms with Crippen LogP contribution < -0.4 is 0 Å². The summed E-state index contributed by atoms with van der Waals surface area (Å²) in [5, 5.41) is 0. The largest absolute Gasteiger partial charge is 0.381 e. The zero-order valence-corrected chi connectivity index (χ0v) is 13.2. The van der Waals surface area contributed by atoms with Crippen LogP contribution in [0.3, 0.4) is 0 Å². The minimum absolute atomic E-state index is 0.402. The Morgan fingerprint density at radius 2 is 1.67 bits per heavy atom. The molecule has 0 bridgehead atoms. The second kappa shape index (κ2) is 12.0. The fourth-order valence-corrected chi connectivity index (χ4v) is 1.92. The molecule has 0 heterocycles. The summed E-state index contributed by atoms with van der Waals surface area (Å²) >= 11 is 0. The lowest BCUT2D eigenvalue weighted by Gasteiger charge is -2.21. The Labute approximate surface area is 114 Å². The summed E-state index contributed by atoms with van der Waals surface area (Å²) in [5.41, 5.74) is 0. The van der Waals surface area contributed by atoms with E-state index in [0.717, 1.165) is 26.1 Å². The molecule has 0 aromatic rings. The third kappa shape index (κ3) is 11.0. The van der Waals surface area contributed by atoms with Gasteiger partial charge in [0.2, 0.25) is 0 Å². The standard InChI is InChI=1S/C16H34O2/c1-6-10-16(18-15(5)7-2)11-8-9-12-17-13-14(3)4/h14-16H,6-13H2,1-5H3. The Bertz CT molecular complexity index is 168. The summed E-state index contributed by atoms with van der Waals surface area (Å²) in [4.78, 5) is 0. The third-order valence-electron chi connectivity index (χ3n) is 3.13. The highest BCUT2D eigenvalue weighted by Gasteiger charge is 2.11. The first-order valence-electron chi connectivity index (χ1n) is 7.83. The van der Waals surface area contributed by atoms with Gasteiger partial charge in [-0.2, -0.15) is 0 Å². The van der Waals surface area contributed by atoms with Crippen molar-refractivity contribution >= 4 is 0 Å². The summed E-state index contributed by atoms with van der Waals surface area (Å²) in [5.74, 6) is 0.645. The minimum atomic E-state index is 0.402. The smallest absolute Gasteiger partial charge is 0.0578 e. The first kappa shape index (κ1) is 17.9. The fourth-order valence-electron chi connectivity index (χ4n) is 1.92. The summed E-state index contributed by atoms with van der Waals surface area (Å²) in [7, 11) is 0. The van der Waals surface area contributed by atoms with Gasteiger partial charge in [-0.1, -0.05) is 34.1 Å². The molecule has 0 radical (unpaired) electrons. The van der Waals surface area contributed by atoms with Crippen molar-refractivity contribution in [1.29, 1.82) is 0 Å². The first-order valence-corrected chi connectivity index (χ1v) is 7.83. The number of rotatable bonds is 12. The lowest BCUT2D eigenvalue weighted by atomic mass is 10.1. The Morgan fingerprint density at radius 1 is 0.944 bits per heavy atom. The zero-order chi connectivity index (χ0) is 13.8. The molecule has 0 aromatic heterocycles. The molecule has 0 saturated carbocycles. The van der Waals surface area contributed by atoms with Gasteiger partial charge >= 0.3 is 0 Å². The van der Waals surface area contributed by atoms with Crippen molar-refractivity contribution in [3.63, 3.8) is 0 Å². The highest BCUT2D eigenvalue weighted by molar-refractivity contribution is 4.60. The first-order chi connectivity index (χ1) is 8.60. The fraction of sp³-hybridized carbons (Fsp3) is 1.00. The van der Waals surface area contributed by atoms with Gasteiger partial charge in [0.15, 0.2) is 0 Å². The van der Waals surface area contributed by atoms with Crippen LogP contribution in [0.4, 0.5) is 0 Å². The third-order valence-corrected chi connectivity index (χ3v) is 3.13. The van der Waals surface area contributed by atoms with E-state index in [9.17, 15) is 0 Å². The van der Waals surface area contributed by atoms with Crippen LogP contribution in [0.5, 0.6) is 0 Å². The predicted octanol–water partition coefficient (Wildman–Crippen LogP) is 4.81. The van der Waals surface area contributed by atoms with Crippen molar-refractivity contribution in [1.82, 2.24) is 0 Å². The predicted molar refractivity (Wildman–Crippen MR) is 79.0 cm³/mol. The summed E-state index contributed by atoms with van der Waals surface area (Å²) in [6, 6.07) is 0. The highest BCUT2D eigenvalue weighted by Crippen LogP contribution is 2.14. The zero-order valence-electron chi connectivity index (χ0n) is 13.2. The summed E-state index contributed by atoms with van der Waals surface area (Å²) in [6.07, 6.45) is 7.94. The monoisotopic (exact) mass is 258 g/mol. The van der Waals surface area contributed by atoms with Crippen molar-refractivity contribution < 1.29 is 9.47 Å². The summed E-state index contributed by atoms with van der Waals surface area (Å²) in [6.45, 7) is 12.8. The molecule has 18 heavy (non-hydrogen) atoms. The molecule has 0 aliphatic rings. The Hall–Kier alpha value is -0.0800. The van der Waals surface area contributed by atoms with Crippen molar-refractivity contribution in [2.75, 3.05) is 13.2 Å². The van der Waals surface area contributed by atoms with E-state index in [1.807, 2.05) is 0 Å². The maximum Gasteiger partial charge on any atom is 0.0578 e. The molecule has 0 spiro atoms. The van der Waals surface area contributed by atoms with Gasteiger partial charge in [0, 0.05) is 13.2 Å². The van der Waals surface area contributed by atoms with E-state index in [1.54, 1.807) is 0 Å². The van der Waals surface area contributed by atoms with Crippen LogP contribution in [0.1, 0.15) is 73.1 Å². The van der Waals surface area contributed by atoms with Gasteiger partial charge in [-0.15, -0.1) is 0 Å². The molecule has 0 amide bonds. The number of hydrogen-bond acceptors (Lipinski definition) is 2. The van der Waals surface area contributed by atoms with Crippen LogP contribution >= 0.6 is 0 Å². The Morgan fingerprint density at radius 3 is 2.22 bits per heavy atom. The maximum atomic E-state index is 6.04. The van der Waals surface area contributed by atoms with Crippen LogP contribution in [-0.2, 0) is 9.47 Å². The molecule has 2 atom stereocenters. The quantitative estimate of drug-likeness (QED) is 0.468. The van der Waals surface area contributed by atoms with Crippen LogP contribution in [-0.4, -0.2) is 25.4 Å². The lowest BCUT2D eigenvalue weighted by molar-refractivity contribution is -0.0148. The van der Waals surface area contributed by atoms with Crippen LogP contribution in [0.25, 0.3) is 0 Å². The number of ether oxygens (including phenoxy) is 2. The van der Waals surface area contributed by atoms with Crippen molar-refractivity contribution in [2.24, 2.45) is 5.92 Å². The van der Waals surface area contributed by atoms with Crippen LogP contribution in [0, 0.1) is 5.92 Å². The van der Waals surface area contributed by atoms with Gasteiger partial charge in [-0.3, -0.25) is 0 Å². The van der Waals surface area contributed by atoms with E-state index < -0.39 is 0 Å². The molecule has 0 saturated heterocycles. The lowest BCUT2D eigenvalue weighted by Crippen LogP contribution is -2.19. The van der Waals surface area contributed by atoms with Gasteiger partial charge in [0.1, 0.15) is 0 Å². The average molecular weight is 258 g/mol. The molecule has 0 N–H and O–H groups in total. The maximum absolute atomic E-state index is 6.04. The van der Waals surface area contributed by atoms with Crippen molar-refractivity contribution in [2.45, 2.75) is 85.4 Å². The van der Waals surface area contributed by atoms with Gasteiger partial charge < -0.3 is 9.47 Å². The van der Waals surface area contributed by atoms with Crippen LogP contribution in [0.15, 0.2) is 0 Å². The molecule has 0 aromatic carbocycles. The minimum Gasteiger partial charge on any atom is -0.381 e. The van der Waals surface area contributed by atoms with E-state index >= 15 is 0 Å². The van der Waals surface area contributed by atoms with Gasteiger partial charge in [-0.25, -0.2) is 0 Å². The molecule has 0 fully saturated rings. The number of unbranched alkanes of at least 4 members (excludes halogenated alkanes) is 1. The number of hydrogen-bond donors (Lipinski definition) is 0. The molecule has 2 nitrogen and oxygen atoms in total. The van der Waals surface area contributed by atoms with E-state index in [2.05, 4.69) is 34.6 Å². The second-order valence-corrected chi connectivity index (χ2v) is 5.73. The Balaban J connectivity index is 3.57. The van der Waals surface area contributed by atoms with E-state index in [4.69, 9.17) is 9.47 Å². The molecular weight excluding hydrogens is 224 g/mol. The average Bonchev–Trinajstić information content (AvgIpc) is 2.33. The molecule has 0 rings (SSSR count).